The number of aromatic nitrogens is 2. The normalized spacial score (nSPS) is 15.5. The molecule has 2 heterocycles. The highest BCUT2D eigenvalue weighted by atomic mass is 15.3. The van der Waals surface area contributed by atoms with Crippen LogP contribution in [0, 0.1) is 13.8 Å². The highest BCUT2D eigenvalue weighted by molar-refractivity contribution is 5.50. The van der Waals surface area contributed by atoms with Crippen molar-refractivity contribution in [3.63, 3.8) is 0 Å². The predicted molar refractivity (Wildman–Crippen MR) is 82.4 cm³/mol. The number of nitrogens with zero attached hydrogens (tertiary/aromatic N) is 4. The Balaban J connectivity index is 1.66. The lowest BCUT2D eigenvalue weighted by molar-refractivity contribution is 0.639. The van der Waals surface area contributed by atoms with Crippen LogP contribution in [0.3, 0.4) is 0 Å². The van der Waals surface area contributed by atoms with Gasteiger partial charge in [0, 0.05) is 44.3 Å². The first-order valence-electron chi connectivity index (χ1n) is 7.07. The molecule has 4 heteroatoms. The molecule has 1 aromatic carbocycles. The first-order valence-corrected chi connectivity index (χ1v) is 7.07. The third-order valence-electron chi connectivity index (χ3n) is 3.70. The molecule has 1 aliphatic heterocycles. The third kappa shape index (κ3) is 2.74. The molecule has 20 heavy (non-hydrogen) atoms. The fraction of sp³-hybridized carbons (Fsp3) is 0.375. The van der Waals surface area contributed by atoms with Crippen molar-refractivity contribution in [1.29, 1.82) is 0 Å². The third-order valence-corrected chi connectivity index (χ3v) is 3.70. The van der Waals surface area contributed by atoms with Crippen molar-refractivity contribution in [1.82, 2.24) is 9.97 Å². The lowest BCUT2D eigenvalue weighted by atomic mass is 10.2. The SMILES string of the molecule is Cc1cnc(N2CCN(c3cccc(C)c3)CC2)nc1. The maximum atomic E-state index is 4.41. The van der Waals surface area contributed by atoms with Crippen LogP contribution in [-0.4, -0.2) is 36.1 Å². The molecule has 0 amide bonds. The molecule has 0 atom stereocenters. The molecule has 1 aromatic heterocycles. The summed E-state index contributed by atoms with van der Waals surface area (Å²) in [6.45, 7) is 8.12. The Bertz CT molecular complexity index is 571. The molecule has 0 bridgehead atoms. The zero-order valence-corrected chi connectivity index (χ0v) is 12.1. The van der Waals surface area contributed by atoms with E-state index in [-0.39, 0.29) is 0 Å². The van der Waals surface area contributed by atoms with Crippen molar-refractivity contribution < 1.29 is 0 Å². The lowest BCUT2D eigenvalue weighted by Crippen LogP contribution is -2.47. The van der Waals surface area contributed by atoms with Crippen molar-refractivity contribution in [2.75, 3.05) is 36.0 Å². The Morgan fingerprint density at radius 3 is 2.15 bits per heavy atom. The zero-order chi connectivity index (χ0) is 13.9. The fourth-order valence-electron chi connectivity index (χ4n) is 2.54. The Kier molecular flexibility index (Phi) is 3.54. The minimum Gasteiger partial charge on any atom is -0.368 e. The van der Waals surface area contributed by atoms with Crippen molar-refractivity contribution in [3.05, 3.63) is 47.8 Å². The van der Waals surface area contributed by atoms with Gasteiger partial charge in [0.1, 0.15) is 0 Å². The van der Waals surface area contributed by atoms with E-state index < -0.39 is 0 Å². The molecule has 3 rings (SSSR count). The van der Waals surface area contributed by atoms with Crippen LogP contribution >= 0.6 is 0 Å². The number of benzene rings is 1. The Hall–Kier alpha value is -2.10. The van der Waals surface area contributed by atoms with Crippen LogP contribution < -0.4 is 9.80 Å². The maximum Gasteiger partial charge on any atom is 0.225 e. The van der Waals surface area contributed by atoms with Crippen LogP contribution in [0.1, 0.15) is 11.1 Å². The first kappa shape index (κ1) is 12.9. The molecular weight excluding hydrogens is 248 g/mol. The molecule has 2 aromatic rings. The Morgan fingerprint density at radius 2 is 1.50 bits per heavy atom. The van der Waals surface area contributed by atoms with Crippen molar-refractivity contribution in [3.8, 4) is 0 Å². The van der Waals surface area contributed by atoms with Crippen LogP contribution in [0.15, 0.2) is 36.7 Å². The first-order chi connectivity index (χ1) is 9.72. The number of anilines is 2. The minimum atomic E-state index is 0.847. The van der Waals surface area contributed by atoms with E-state index in [9.17, 15) is 0 Å². The zero-order valence-electron chi connectivity index (χ0n) is 12.1. The molecule has 1 fully saturated rings. The summed E-state index contributed by atoms with van der Waals surface area (Å²) in [5, 5.41) is 0. The minimum absolute atomic E-state index is 0.847. The molecule has 104 valence electrons. The van der Waals surface area contributed by atoms with E-state index in [2.05, 4.69) is 51.0 Å². The average Bonchev–Trinajstić information content (AvgIpc) is 2.48. The van der Waals surface area contributed by atoms with Gasteiger partial charge < -0.3 is 9.80 Å². The van der Waals surface area contributed by atoms with Crippen LogP contribution in [0.5, 0.6) is 0 Å². The summed E-state index contributed by atoms with van der Waals surface area (Å²) >= 11 is 0. The monoisotopic (exact) mass is 268 g/mol. The molecule has 0 unspecified atom stereocenters. The molecule has 4 nitrogen and oxygen atoms in total. The lowest BCUT2D eigenvalue weighted by Gasteiger charge is -2.36. The van der Waals surface area contributed by atoms with Crippen LogP contribution in [0.2, 0.25) is 0 Å². The summed E-state index contributed by atoms with van der Waals surface area (Å²) in [7, 11) is 0. The van der Waals surface area contributed by atoms with Gasteiger partial charge in [0.25, 0.3) is 0 Å². The molecule has 0 N–H and O–H groups in total. The molecule has 0 saturated carbocycles. The number of hydrogen-bond acceptors (Lipinski definition) is 4. The molecule has 0 radical (unpaired) electrons. The summed E-state index contributed by atoms with van der Waals surface area (Å²) < 4.78 is 0. The smallest absolute Gasteiger partial charge is 0.225 e. The largest absolute Gasteiger partial charge is 0.368 e. The van der Waals surface area contributed by atoms with E-state index >= 15 is 0 Å². The van der Waals surface area contributed by atoms with Gasteiger partial charge in [0.05, 0.1) is 0 Å². The van der Waals surface area contributed by atoms with Crippen molar-refractivity contribution >= 4 is 11.6 Å². The second-order valence-electron chi connectivity index (χ2n) is 5.37. The quantitative estimate of drug-likeness (QED) is 0.837. The van der Waals surface area contributed by atoms with Crippen LogP contribution in [-0.2, 0) is 0 Å². The van der Waals surface area contributed by atoms with E-state index in [1.165, 1.54) is 11.3 Å². The number of hydrogen-bond donors (Lipinski definition) is 0. The molecule has 1 aliphatic rings. The van der Waals surface area contributed by atoms with Gasteiger partial charge in [-0.15, -0.1) is 0 Å². The van der Waals surface area contributed by atoms with Gasteiger partial charge in [-0.05, 0) is 37.1 Å². The predicted octanol–water partition coefficient (Wildman–Crippen LogP) is 2.42. The second kappa shape index (κ2) is 5.49. The van der Waals surface area contributed by atoms with Gasteiger partial charge in [0.15, 0.2) is 0 Å². The van der Waals surface area contributed by atoms with Gasteiger partial charge in [-0.3, -0.25) is 0 Å². The van der Waals surface area contributed by atoms with Gasteiger partial charge in [-0.25, -0.2) is 9.97 Å². The van der Waals surface area contributed by atoms with Gasteiger partial charge in [-0.1, -0.05) is 12.1 Å². The van der Waals surface area contributed by atoms with Gasteiger partial charge in [-0.2, -0.15) is 0 Å². The Morgan fingerprint density at radius 1 is 0.850 bits per heavy atom. The highest BCUT2D eigenvalue weighted by Crippen LogP contribution is 2.19. The molecule has 1 saturated heterocycles. The Labute approximate surface area is 120 Å². The second-order valence-corrected chi connectivity index (χ2v) is 5.37. The van der Waals surface area contributed by atoms with Crippen molar-refractivity contribution in [2.45, 2.75) is 13.8 Å². The van der Waals surface area contributed by atoms with E-state index in [0.29, 0.717) is 0 Å². The van der Waals surface area contributed by atoms with E-state index in [4.69, 9.17) is 0 Å². The maximum absolute atomic E-state index is 4.41. The summed E-state index contributed by atoms with van der Waals surface area (Å²) in [5.41, 5.74) is 3.73. The summed E-state index contributed by atoms with van der Waals surface area (Å²) in [5.74, 6) is 0.847. The summed E-state index contributed by atoms with van der Waals surface area (Å²) in [6.07, 6.45) is 3.77. The summed E-state index contributed by atoms with van der Waals surface area (Å²) in [6, 6.07) is 8.70. The average molecular weight is 268 g/mol. The van der Waals surface area contributed by atoms with Crippen LogP contribution in [0.4, 0.5) is 11.6 Å². The number of rotatable bonds is 2. The van der Waals surface area contributed by atoms with Gasteiger partial charge >= 0.3 is 0 Å². The molecule has 0 spiro atoms. The van der Waals surface area contributed by atoms with E-state index in [0.717, 1.165) is 37.7 Å². The standard InChI is InChI=1S/C16H20N4/c1-13-4-3-5-15(10-13)19-6-8-20(9-7-19)16-17-11-14(2)12-18-16/h3-5,10-12H,6-9H2,1-2H3. The van der Waals surface area contributed by atoms with Gasteiger partial charge in [0.2, 0.25) is 5.95 Å². The fourth-order valence-corrected chi connectivity index (χ4v) is 2.54. The van der Waals surface area contributed by atoms with E-state index in [1.807, 2.05) is 19.3 Å². The topological polar surface area (TPSA) is 32.3 Å². The number of piperazine rings is 1. The molecule has 0 aliphatic carbocycles. The number of aryl methyl sites for hydroxylation is 2. The van der Waals surface area contributed by atoms with Crippen molar-refractivity contribution in [2.24, 2.45) is 0 Å². The summed E-state index contributed by atoms with van der Waals surface area (Å²) in [4.78, 5) is 13.5. The highest BCUT2D eigenvalue weighted by Gasteiger charge is 2.18. The molecular formula is C16H20N4. The van der Waals surface area contributed by atoms with E-state index in [1.54, 1.807) is 0 Å². The van der Waals surface area contributed by atoms with Crippen LogP contribution in [0.25, 0.3) is 0 Å².